The molecule has 0 aliphatic carbocycles. The van der Waals surface area contributed by atoms with Crippen molar-refractivity contribution >= 4 is 66.9 Å². The summed E-state index contributed by atoms with van der Waals surface area (Å²) < 4.78 is 8.88. The molecule has 10 heteroatoms. The van der Waals surface area contributed by atoms with E-state index in [0.29, 0.717) is 0 Å². The van der Waals surface area contributed by atoms with Crippen LogP contribution in [0.4, 0.5) is 0 Å². The Hall–Kier alpha value is 1.51. The van der Waals surface area contributed by atoms with Gasteiger partial charge in [0, 0.05) is 0 Å². The molecule has 0 atom stereocenters. The molecule has 4 N–H and O–H groups in total. The summed E-state index contributed by atoms with van der Waals surface area (Å²) >= 11 is 0. The third kappa shape index (κ3) is 302. The third-order valence-corrected chi connectivity index (χ3v) is 0. The van der Waals surface area contributed by atoms with Gasteiger partial charge < -0.3 is 19.9 Å². The first-order valence-corrected chi connectivity index (χ1v) is 2.73. The molecule has 0 amide bonds. The van der Waals surface area contributed by atoms with Crippen LogP contribution in [0, 0.1) is 4.91 Å². The molecule has 0 aliphatic heterocycles. The molecule has 0 fully saturated rings. The Morgan fingerprint density at radius 1 is 1.10 bits per heavy atom. The molecule has 0 aromatic rings. The second-order valence-electron chi connectivity index (χ2n) is 0.595. The Balaban J connectivity index is -0.0000000326. The molecule has 0 saturated heterocycles. The van der Waals surface area contributed by atoms with Gasteiger partial charge in [-0.25, -0.2) is 4.57 Å². The monoisotopic (exact) mass is 193 g/mol. The molecule has 0 bridgehead atoms. The maximum atomic E-state index is 8.88. The summed E-state index contributed by atoms with van der Waals surface area (Å²) in [4.78, 5) is 29.7. The van der Waals surface area contributed by atoms with Crippen molar-refractivity contribution in [3.8, 4) is 0 Å². The second-order valence-corrected chi connectivity index (χ2v) is 1.62. The Kier molecular flexibility index (Phi) is 29.6. The molecule has 0 heterocycles. The second kappa shape index (κ2) is 13.1. The number of hydrogen-bond acceptors (Lipinski definition) is 3. The number of nitrogens with zero attached hydrogens (tertiary/aromatic N) is 1. The third-order valence-electron chi connectivity index (χ3n) is 0. The number of rotatable bonds is 0. The quantitative estimate of drug-likeness (QED) is 0.151. The van der Waals surface area contributed by atoms with E-state index in [1.54, 1.807) is 0 Å². The summed E-state index contributed by atoms with van der Waals surface area (Å²) in [5, 5.41) is 7.89. The van der Waals surface area contributed by atoms with E-state index in [4.69, 9.17) is 29.4 Å². The van der Waals surface area contributed by atoms with Gasteiger partial charge in [-0.05, 0) is 0 Å². The zero-order chi connectivity index (χ0) is 7.21. The van der Waals surface area contributed by atoms with Gasteiger partial charge in [-0.1, -0.05) is 0 Å². The van der Waals surface area contributed by atoms with Crippen molar-refractivity contribution in [2.75, 3.05) is 0 Å². The number of hydrogen-bond donors (Lipinski definition) is 4. The van der Waals surface area contributed by atoms with Crippen LogP contribution in [0.3, 0.4) is 0 Å². The van der Waals surface area contributed by atoms with E-state index in [9.17, 15) is 0 Å². The molecule has 0 radical (unpaired) electrons. The fourth-order valence-corrected chi connectivity index (χ4v) is 0. The Labute approximate surface area is 101 Å². The van der Waals surface area contributed by atoms with Crippen LogP contribution in [-0.4, -0.2) is 79.0 Å². The van der Waals surface area contributed by atoms with Crippen LogP contribution in [0.2, 0.25) is 0 Å². The topological polar surface area (TPSA) is 127 Å². The molecule has 0 aliphatic rings. The molecule has 0 rings (SSSR count). The summed E-state index contributed by atoms with van der Waals surface area (Å²) in [6, 6.07) is 0. The van der Waals surface area contributed by atoms with Gasteiger partial charge in [0.1, 0.15) is 0 Å². The van der Waals surface area contributed by atoms with Gasteiger partial charge >= 0.3 is 66.9 Å². The normalized spacial score (nSPS) is 7.10. The van der Waals surface area contributed by atoms with Crippen molar-refractivity contribution in [3.63, 3.8) is 0 Å². The van der Waals surface area contributed by atoms with Crippen molar-refractivity contribution in [3.05, 3.63) is 4.91 Å². The summed E-state index contributed by atoms with van der Waals surface area (Å²) in [7, 11) is -4.64. The van der Waals surface area contributed by atoms with Gasteiger partial charge in [-0.3, -0.25) is 0 Å². The van der Waals surface area contributed by atoms with E-state index in [-0.39, 0.29) is 59.1 Å². The van der Waals surface area contributed by atoms with Gasteiger partial charge in [0.15, 0.2) is 5.34 Å². The molecule has 0 unspecified atom stereocenters. The summed E-state index contributed by atoms with van der Waals surface area (Å²) in [6.07, 6.45) is 0. The van der Waals surface area contributed by atoms with Crippen LogP contribution in [0.1, 0.15) is 0 Å². The fourth-order valence-electron chi connectivity index (χ4n) is 0. The average Bonchev–Trinajstić information content (AvgIpc) is 1.27. The summed E-state index contributed by atoms with van der Waals surface area (Å²) in [5.74, 6) is 0. The van der Waals surface area contributed by atoms with Crippen molar-refractivity contribution in [2.45, 2.75) is 0 Å². The SMILES string of the molecule is O=NO.O=P(O)(O)O.[NaH].[NaH]. The van der Waals surface area contributed by atoms with Gasteiger partial charge in [0.25, 0.3) is 0 Å². The average molecular weight is 193 g/mol. The molecule has 0 spiro atoms. The Morgan fingerprint density at radius 3 is 1.10 bits per heavy atom. The Morgan fingerprint density at radius 2 is 1.10 bits per heavy atom. The van der Waals surface area contributed by atoms with E-state index < -0.39 is 7.82 Å². The van der Waals surface area contributed by atoms with Crippen molar-refractivity contribution < 1.29 is 24.5 Å². The van der Waals surface area contributed by atoms with Gasteiger partial charge in [0.2, 0.25) is 0 Å². The van der Waals surface area contributed by atoms with Gasteiger partial charge in [0.05, 0.1) is 0 Å². The first-order valence-electron chi connectivity index (χ1n) is 1.17. The number of phosphoric acid groups is 1. The molecule has 0 aromatic heterocycles. The molecule has 54 valence electrons. The molecule has 0 saturated carbocycles. The van der Waals surface area contributed by atoms with E-state index >= 15 is 0 Å². The molecule has 7 nitrogen and oxygen atoms in total. The molecule has 0 aromatic carbocycles. The zero-order valence-corrected chi connectivity index (χ0v) is 4.39. The van der Waals surface area contributed by atoms with Crippen LogP contribution in [0.5, 0.6) is 0 Å². The van der Waals surface area contributed by atoms with Gasteiger partial charge in [-0.15, -0.1) is 4.91 Å². The van der Waals surface area contributed by atoms with Crippen LogP contribution in [0.25, 0.3) is 0 Å². The van der Waals surface area contributed by atoms with E-state index in [1.807, 2.05) is 0 Å². The first kappa shape index (κ1) is 22.5. The predicted octanol–water partition coefficient (Wildman–Crippen LogP) is -2.08. The van der Waals surface area contributed by atoms with Crippen molar-refractivity contribution in [2.24, 2.45) is 5.34 Å². The molecular formula is H6NNa2O6P. The minimum absolute atomic E-state index is 0. The Bertz CT molecular complexity index is 89.7. The van der Waals surface area contributed by atoms with Crippen molar-refractivity contribution in [1.29, 1.82) is 0 Å². The molecule has 10 heavy (non-hydrogen) atoms. The van der Waals surface area contributed by atoms with E-state index in [0.717, 1.165) is 0 Å². The first-order chi connectivity index (χ1) is 3.41. The van der Waals surface area contributed by atoms with E-state index in [1.165, 1.54) is 5.34 Å². The van der Waals surface area contributed by atoms with Crippen LogP contribution < -0.4 is 0 Å². The zero-order valence-electron chi connectivity index (χ0n) is 3.50. The van der Waals surface area contributed by atoms with Crippen LogP contribution in [-0.2, 0) is 4.57 Å². The standard InChI is InChI=1S/HNO2.2Na.H3O4P.2H/c2-1-3;;;1-5(2,3)4;;/h(H,2,3);;;(H3,1,2,3,4);;. The van der Waals surface area contributed by atoms with Crippen LogP contribution in [0.15, 0.2) is 5.34 Å². The fraction of sp³-hybridized carbons (Fsp3) is 0. The predicted molar refractivity (Wildman–Crippen MR) is 36.1 cm³/mol. The minimum atomic E-state index is -4.64. The van der Waals surface area contributed by atoms with Gasteiger partial charge in [-0.2, -0.15) is 0 Å². The summed E-state index contributed by atoms with van der Waals surface area (Å²) in [6.45, 7) is 0. The van der Waals surface area contributed by atoms with Crippen LogP contribution >= 0.6 is 7.82 Å². The maximum absolute atomic E-state index is 8.88. The molecular weight excluding hydrogens is 187 g/mol. The van der Waals surface area contributed by atoms with Crippen molar-refractivity contribution in [1.82, 2.24) is 0 Å². The summed E-state index contributed by atoms with van der Waals surface area (Å²) in [5.41, 5.74) is 0. The van der Waals surface area contributed by atoms with E-state index in [2.05, 4.69) is 0 Å².